The molecule has 0 saturated heterocycles. The van der Waals surface area contributed by atoms with Crippen LogP contribution < -0.4 is 10.6 Å². The summed E-state index contributed by atoms with van der Waals surface area (Å²) in [6.07, 6.45) is -0.0211. The van der Waals surface area contributed by atoms with E-state index in [-0.39, 0.29) is 12.5 Å². The van der Waals surface area contributed by atoms with E-state index < -0.39 is 35.7 Å². The fourth-order valence-electron chi connectivity index (χ4n) is 4.54. The van der Waals surface area contributed by atoms with Gasteiger partial charge in [0.1, 0.15) is 18.2 Å². The third-order valence-electron chi connectivity index (χ3n) is 6.72. The molecule has 8 nitrogen and oxygen atoms in total. The third kappa shape index (κ3) is 4.30. The topological polar surface area (TPSA) is 114 Å². The summed E-state index contributed by atoms with van der Waals surface area (Å²) in [6.45, 7) is 1.73. The van der Waals surface area contributed by atoms with Gasteiger partial charge < -0.3 is 25.2 Å². The van der Waals surface area contributed by atoms with Crippen molar-refractivity contribution < 1.29 is 29.0 Å². The average Bonchev–Trinajstić information content (AvgIpc) is 3.11. The van der Waals surface area contributed by atoms with Crippen LogP contribution in [0.5, 0.6) is 0 Å². The minimum absolute atomic E-state index is 0.106. The van der Waals surface area contributed by atoms with Crippen LogP contribution in [0.2, 0.25) is 0 Å². The number of alkyl carbamates (subject to hydrolysis) is 1. The number of benzene rings is 2. The highest BCUT2D eigenvalue weighted by Gasteiger charge is 2.47. The van der Waals surface area contributed by atoms with Crippen LogP contribution in [-0.2, 0) is 19.1 Å². The summed E-state index contributed by atoms with van der Waals surface area (Å²) in [5.74, 6) is -1.80. The van der Waals surface area contributed by atoms with Gasteiger partial charge in [-0.2, -0.15) is 0 Å². The number of carboxylic acids is 1. The first-order valence-corrected chi connectivity index (χ1v) is 11.1. The number of methoxy groups -OCH3 is 1. The first kappa shape index (κ1) is 22.8. The van der Waals surface area contributed by atoms with Gasteiger partial charge in [0, 0.05) is 13.0 Å². The SMILES string of the molecule is COC(C)C(NC(=O)OCC1c2ccccc2-c2ccccc21)C(=O)NC1(C(=O)O)CCC1. The van der Waals surface area contributed by atoms with E-state index in [1.807, 2.05) is 48.5 Å². The van der Waals surface area contributed by atoms with Gasteiger partial charge in [0.05, 0.1) is 6.10 Å². The molecule has 3 N–H and O–H groups in total. The van der Waals surface area contributed by atoms with Crippen LogP contribution in [-0.4, -0.2) is 54.5 Å². The van der Waals surface area contributed by atoms with E-state index in [9.17, 15) is 19.5 Å². The monoisotopic (exact) mass is 452 g/mol. The number of carboxylic acid groups (broad SMARTS) is 1. The van der Waals surface area contributed by atoms with Crippen molar-refractivity contribution in [1.29, 1.82) is 0 Å². The lowest BCUT2D eigenvalue weighted by molar-refractivity contribution is -0.152. The van der Waals surface area contributed by atoms with Crippen molar-refractivity contribution in [1.82, 2.24) is 10.6 Å². The largest absolute Gasteiger partial charge is 0.480 e. The summed E-state index contributed by atoms with van der Waals surface area (Å²) < 4.78 is 10.8. The van der Waals surface area contributed by atoms with Gasteiger partial charge >= 0.3 is 12.1 Å². The molecule has 0 bridgehead atoms. The number of amides is 2. The maximum atomic E-state index is 12.9. The fourth-order valence-corrected chi connectivity index (χ4v) is 4.54. The summed E-state index contributed by atoms with van der Waals surface area (Å²) in [5.41, 5.74) is 3.11. The number of ether oxygens (including phenoxy) is 2. The van der Waals surface area contributed by atoms with Crippen molar-refractivity contribution >= 4 is 18.0 Å². The molecule has 2 aliphatic carbocycles. The van der Waals surface area contributed by atoms with Crippen LogP contribution in [0, 0.1) is 0 Å². The molecule has 0 aliphatic heterocycles. The lowest BCUT2D eigenvalue weighted by Crippen LogP contribution is -2.64. The first-order valence-electron chi connectivity index (χ1n) is 11.1. The molecule has 33 heavy (non-hydrogen) atoms. The third-order valence-corrected chi connectivity index (χ3v) is 6.72. The van der Waals surface area contributed by atoms with Crippen LogP contribution in [0.25, 0.3) is 11.1 Å². The smallest absolute Gasteiger partial charge is 0.407 e. The Kier molecular flexibility index (Phi) is 6.37. The predicted molar refractivity (Wildman–Crippen MR) is 121 cm³/mol. The van der Waals surface area contributed by atoms with Crippen molar-refractivity contribution in [3.63, 3.8) is 0 Å². The van der Waals surface area contributed by atoms with Gasteiger partial charge in [-0.05, 0) is 48.4 Å². The summed E-state index contributed by atoms with van der Waals surface area (Å²) in [4.78, 5) is 37.1. The summed E-state index contributed by atoms with van der Waals surface area (Å²) in [5, 5.41) is 14.6. The predicted octanol–water partition coefficient (Wildman–Crippen LogP) is 3.05. The number of hydrogen-bond donors (Lipinski definition) is 3. The Hall–Kier alpha value is -3.39. The van der Waals surface area contributed by atoms with Gasteiger partial charge in [0.15, 0.2) is 0 Å². The molecular weight excluding hydrogens is 424 g/mol. The fraction of sp³-hybridized carbons (Fsp3) is 0.400. The molecular formula is C25H28N2O6. The minimum atomic E-state index is -1.29. The normalized spacial score (nSPS) is 17.6. The number of nitrogens with one attached hydrogen (secondary N) is 2. The summed E-state index contributed by atoms with van der Waals surface area (Å²) in [7, 11) is 1.42. The molecule has 0 radical (unpaired) electrons. The molecule has 0 heterocycles. The lowest BCUT2D eigenvalue weighted by Gasteiger charge is -2.39. The van der Waals surface area contributed by atoms with Gasteiger partial charge in [-0.25, -0.2) is 9.59 Å². The number of carbonyl (C=O) groups is 3. The molecule has 1 saturated carbocycles. The number of fused-ring (bicyclic) bond motifs is 3. The quantitative estimate of drug-likeness (QED) is 0.567. The Labute approximate surface area is 192 Å². The molecule has 8 heteroatoms. The van der Waals surface area contributed by atoms with Gasteiger partial charge in [-0.3, -0.25) is 4.79 Å². The zero-order valence-electron chi connectivity index (χ0n) is 18.7. The van der Waals surface area contributed by atoms with E-state index in [4.69, 9.17) is 9.47 Å². The minimum Gasteiger partial charge on any atom is -0.480 e. The van der Waals surface area contributed by atoms with Crippen molar-refractivity contribution in [2.45, 2.75) is 49.8 Å². The number of aliphatic carboxylic acids is 1. The first-order chi connectivity index (χ1) is 15.9. The van der Waals surface area contributed by atoms with E-state index >= 15 is 0 Å². The molecule has 174 valence electrons. The van der Waals surface area contributed by atoms with Gasteiger partial charge in [-0.15, -0.1) is 0 Å². The molecule has 1 fully saturated rings. The molecule has 2 atom stereocenters. The summed E-state index contributed by atoms with van der Waals surface area (Å²) in [6, 6.07) is 14.9. The molecule has 2 unspecified atom stereocenters. The molecule has 2 aromatic rings. The molecule has 0 aromatic heterocycles. The number of hydrogen-bond acceptors (Lipinski definition) is 5. The summed E-state index contributed by atoms with van der Waals surface area (Å²) >= 11 is 0. The number of carbonyl (C=O) groups excluding carboxylic acids is 2. The van der Waals surface area contributed by atoms with E-state index in [1.54, 1.807) is 6.92 Å². The maximum Gasteiger partial charge on any atom is 0.407 e. The Bertz CT molecular complexity index is 1020. The second-order valence-electron chi connectivity index (χ2n) is 8.62. The Morgan fingerprint density at radius 3 is 2.12 bits per heavy atom. The highest BCUT2D eigenvalue weighted by molar-refractivity contribution is 5.92. The van der Waals surface area contributed by atoms with E-state index in [0.29, 0.717) is 12.8 Å². The van der Waals surface area contributed by atoms with Crippen molar-refractivity contribution in [2.24, 2.45) is 0 Å². The highest BCUT2D eigenvalue weighted by atomic mass is 16.5. The van der Waals surface area contributed by atoms with Gasteiger partial charge in [-0.1, -0.05) is 48.5 Å². The van der Waals surface area contributed by atoms with E-state index in [1.165, 1.54) is 7.11 Å². The molecule has 2 aromatic carbocycles. The average molecular weight is 453 g/mol. The number of rotatable bonds is 8. The van der Waals surface area contributed by atoms with Crippen LogP contribution in [0.15, 0.2) is 48.5 Å². The molecule has 4 rings (SSSR count). The second kappa shape index (κ2) is 9.23. The van der Waals surface area contributed by atoms with Gasteiger partial charge in [0.25, 0.3) is 0 Å². The lowest BCUT2D eigenvalue weighted by atomic mass is 9.76. The second-order valence-corrected chi connectivity index (χ2v) is 8.62. The van der Waals surface area contributed by atoms with Crippen molar-refractivity contribution in [2.75, 3.05) is 13.7 Å². The highest BCUT2D eigenvalue weighted by Crippen LogP contribution is 2.44. The van der Waals surface area contributed by atoms with Gasteiger partial charge in [0.2, 0.25) is 5.91 Å². The van der Waals surface area contributed by atoms with Crippen molar-refractivity contribution in [3.05, 3.63) is 59.7 Å². The van der Waals surface area contributed by atoms with Crippen molar-refractivity contribution in [3.8, 4) is 11.1 Å². The van der Waals surface area contributed by atoms with Crippen LogP contribution in [0.3, 0.4) is 0 Å². The Balaban J connectivity index is 1.43. The van der Waals surface area contributed by atoms with Crippen LogP contribution >= 0.6 is 0 Å². The zero-order valence-corrected chi connectivity index (χ0v) is 18.7. The Morgan fingerprint density at radius 2 is 1.64 bits per heavy atom. The zero-order chi connectivity index (χ0) is 23.6. The van der Waals surface area contributed by atoms with Crippen LogP contribution in [0.4, 0.5) is 4.79 Å². The van der Waals surface area contributed by atoms with E-state index in [0.717, 1.165) is 28.7 Å². The standard InChI is InChI=1S/C25H28N2O6/c1-15(32-2)21(22(28)27-25(23(29)30)12-7-13-25)26-24(31)33-14-20-18-10-5-3-8-16(18)17-9-4-6-11-19(17)20/h3-6,8-11,15,20-21H,7,12-14H2,1-2H3,(H,26,31)(H,27,28)(H,29,30). The Morgan fingerprint density at radius 1 is 1.06 bits per heavy atom. The molecule has 2 amide bonds. The maximum absolute atomic E-state index is 12.9. The molecule has 2 aliphatic rings. The van der Waals surface area contributed by atoms with E-state index in [2.05, 4.69) is 10.6 Å². The molecule has 0 spiro atoms. The van der Waals surface area contributed by atoms with Crippen LogP contribution in [0.1, 0.15) is 43.2 Å².